The number of hydrogen-bond acceptors (Lipinski definition) is 3. The van der Waals surface area contributed by atoms with Gasteiger partial charge in [0.1, 0.15) is 5.82 Å². The Hall–Kier alpha value is -2.24. The molecule has 2 aromatic carbocycles. The quantitative estimate of drug-likeness (QED) is 0.748. The van der Waals surface area contributed by atoms with Gasteiger partial charge in [0.25, 0.3) is 0 Å². The minimum atomic E-state index is -0.205. The molecule has 5 heteroatoms. The number of rotatable bonds is 4. The zero-order valence-electron chi connectivity index (χ0n) is 18.2. The predicted molar refractivity (Wildman–Crippen MR) is 121 cm³/mol. The first-order chi connectivity index (χ1) is 15.2. The largest absolute Gasteiger partial charge is 0.339 e. The molecule has 1 saturated heterocycles. The van der Waals surface area contributed by atoms with Crippen molar-refractivity contribution in [2.45, 2.75) is 44.7 Å². The lowest BCUT2D eigenvalue weighted by molar-refractivity contribution is -0.134. The van der Waals surface area contributed by atoms with E-state index in [9.17, 15) is 9.18 Å². The standard InChI is InChI=1S/C26H32FN3O/c27-24-5-3-4-20(17-24)21-8-9-23-18-28(11-10-22(23)16-21)19-26(31)30-14-12-29(13-15-30)25-6-1-2-7-25/h3-5,8-9,16-17,25H,1-2,6-7,10-15,18-19H2. The molecule has 0 spiro atoms. The highest BCUT2D eigenvalue weighted by molar-refractivity contribution is 5.78. The lowest BCUT2D eigenvalue weighted by Gasteiger charge is -2.39. The van der Waals surface area contributed by atoms with Gasteiger partial charge in [-0.05, 0) is 53.6 Å². The number of amides is 1. The molecule has 2 fully saturated rings. The number of carbonyl (C=O) groups is 1. The average molecular weight is 422 g/mol. The van der Waals surface area contributed by atoms with Crippen molar-refractivity contribution >= 4 is 5.91 Å². The van der Waals surface area contributed by atoms with Crippen molar-refractivity contribution in [1.82, 2.24) is 14.7 Å². The predicted octanol–water partition coefficient (Wildman–Crippen LogP) is 3.94. The molecule has 2 aromatic rings. The molecule has 4 nitrogen and oxygen atoms in total. The van der Waals surface area contributed by atoms with Crippen molar-refractivity contribution in [3.05, 3.63) is 59.4 Å². The molecule has 1 saturated carbocycles. The Balaban J connectivity index is 1.16. The Bertz CT molecular complexity index is 932. The third-order valence-electron chi connectivity index (χ3n) is 7.32. The van der Waals surface area contributed by atoms with Crippen molar-refractivity contribution in [3.63, 3.8) is 0 Å². The van der Waals surface area contributed by atoms with Crippen molar-refractivity contribution < 1.29 is 9.18 Å². The Morgan fingerprint density at radius 1 is 0.903 bits per heavy atom. The second-order valence-corrected chi connectivity index (χ2v) is 9.31. The number of nitrogens with zero attached hydrogens (tertiary/aromatic N) is 3. The Morgan fingerprint density at radius 2 is 1.68 bits per heavy atom. The number of halogens is 1. The van der Waals surface area contributed by atoms with Crippen molar-refractivity contribution in [2.24, 2.45) is 0 Å². The zero-order chi connectivity index (χ0) is 21.2. The summed E-state index contributed by atoms with van der Waals surface area (Å²) in [5.74, 6) is 0.0647. The zero-order valence-corrected chi connectivity index (χ0v) is 18.2. The third-order valence-corrected chi connectivity index (χ3v) is 7.32. The van der Waals surface area contributed by atoms with Crippen LogP contribution in [-0.2, 0) is 17.8 Å². The van der Waals surface area contributed by atoms with Crippen molar-refractivity contribution in [1.29, 1.82) is 0 Å². The minimum absolute atomic E-state index is 0.205. The molecule has 1 amide bonds. The van der Waals surface area contributed by atoms with Gasteiger partial charge in [-0.2, -0.15) is 0 Å². The first kappa shape index (κ1) is 20.7. The fourth-order valence-corrected chi connectivity index (χ4v) is 5.49. The minimum Gasteiger partial charge on any atom is -0.339 e. The molecule has 31 heavy (non-hydrogen) atoms. The number of benzene rings is 2. The fourth-order valence-electron chi connectivity index (χ4n) is 5.49. The number of hydrogen-bond donors (Lipinski definition) is 0. The van der Waals surface area contributed by atoms with E-state index in [0.717, 1.165) is 62.9 Å². The third kappa shape index (κ3) is 4.68. The Kier molecular flexibility index (Phi) is 6.06. The van der Waals surface area contributed by atoms with Crippen LogP contribution in [-0.4, -0.2) is 65.9 Å². The second kappa shape index (κ2) is 9.09. The highest BCUT2D eigenvalue weighted by Crippen LogP contribution is 2.27. The monoisotopic (exact) mass is 421 g/mol. The number of carbonyl (C=O) groups excluding carboxylic acids is 1. The van der Waals surface area contributed by atoms with E-state index in [1.165, 1.54) is 42.9 Å². The molecule has 0 unspecified atom stereocenters. The molecular weight excluding hydrogens is 389 g/mol. The molecule has 0 aromatic heterocycles. The SMILES string of the molecule is O=C(CN1CCc2cc(-c3cccc(F)c3)ccc2C1)N1CCN(C2CCCC2)CC1. The maximum absolute atomic E-state index is 13.6. The van der Waals surface area contributed by atoms with Gasteiger partial charge in [-0.25, -0.2) is 4.39 Å². The summed E-state index contributed by atoms with van der Waals surface area (Å²) in [5.41, 5.74) is 4.57. The molecule has 0 atom stereocenters. The molecule has 2 heterocycles. The molecule has 1 aliphatic carbocycles. The van der Waals surface area contributed by atoms with E-state index in [0.29, 0.717) is 6.54 Å². The summed E-state index contributed by atoms with van der Waals surface area (Å²) in [6.45, 7) is 6.02. The normalized spacial score (nSPS) is 20.7. The van der Waals surface area contributed by atoms with Gasteiger partial charge in [-0.15, -0.1) is 0 Å². The van der Waals surface area contributed by atoms with Crippen LogP contribution < -0.4 is 0 Å². The highest BCUT2D eigenvalue weighted by Gasteiger charge is 2.29. The summed E-state index contributed by atoms with van der Waals surface area (Å²) >= 11 is 0. The smallest absolute Gasteiger partial charge is 0.236 e. The first-order valence-corrected chi connectivity index (χ1v) is 11.8. The molecule has 5 rings (SSSR count). The van der Waals surface area contributed by atoms with E-state index >= 15 is 0 Å². The number of piperazine rings is 1. The molecule has 164 valence electrons. The second-order valence-electron chi connectivity index (χ2n) is 9.31. The maximum Gasteiger partial charge on any atom is 0.236 e. The van der Waals surface area contributed by atoms with E-state index in [1.54, 1.807) is 12.1 Å². The van der Waals surface area contributed by atoms with Crippen molar-refractivity contribution in [3.8, 4) is 11.1 Å². The Morgan fingerprint density at radius 3 is 2.45 bits per heavy atom. The van der Waals surface area contributed by atoms with Gasteiger partial charge in [0.15, 0.2) is 0 Å². The van der Waals surface area contributed by atoms with Crippen LogP contribution in [0, 0.1) is 5.82 Å². The summed E-state index contributed by atoms with van der Waals surface area (Å²) in [7, 11) is 0. The Labute approximate surface area is 184 Å². The summed E-state index contributed by atoms with van der Waals surface area (Å²) < 4.78 is 13.6. The molecule has 2 aliphatic heterocycles. The summed E-state index contributed by atoms with van der Waals surface area (Å²) in [6.07, 6.45) is 6.33. The topological polar surface area (TPSA) is 26.8 Å². The van der Waals surface area contributed by atoms with Crippen LogP contribution in [0.2, 0.25) is 0 Å². The molecule has 0 N–H and O–H groups in total. The molecular formula is C26H32FN3O. The van der Waals surface area contributed by atoms with Gasteiger partial charge in [0.2, 0.25) is 5.91 Å². The van der Waals surface area contributed by atoms with E-state index in [4.69, 9.17) is 0 Å². The van der Waals surface area contributed by atoms with Crippen molar-refractivity contribution in [2.75, 3.05) is 39.3 Å². The van der Waals surface area contributed by atoms with Crippen LogP contribution in [0.1, 0.15) is 36.8 Å². The lowest BCUT2D eigenvalue weighted by Crippen LogP contribution is -2.53. The summed E-state index contributed by atoms with van der Waals surface area (Å²) in [6, 6.07) is 13.9. The maximum atomic E-state index is 13.6. The molecule has 0 bridgehead atoms. The van der Waals surface area contributed by atoms with Gasteiger partial charge in [-0.1, -0.05) is 43.2 Å². The van der Waals surface area contributed by atoms with Crippen LogP contribution in [0.15, 0.2) is 42.5 Å². The van der Waals surface area contributed by atoms with Crippen LogP contribution in [0.25, 0.3) is 11.1 Å². The van der Waals surface area contributed by atoms with Gasteiger partial charge < -0.3 is 4.90 Å². The van der Waals surface area contributed by atoms with Crippen LogP contribution in [0.4, 0.5) is 4.39 Å². The number of fused-ring (bicyclic) bond motifs is 1. The summed E-state index contributed by atoms with van der Waals surface area (Å²) in [5, 5.41) is 0. The average Bonchev–Trinajstić information content (AvgIpc) is 3.34. The molecule has 3 aliphatic rings. The van der Waals surface area contributed by atoms with Gasteiger partial charge >= 0.3 is 0 Å². The summed E-state index contributed by atoms with van der Waals surface area (Å²) in [4.78, 5) is 19.8. The van der Waals surface area contributed by atoms with E-state index < -0.39 is 0 Å². The van der Waals surface area contributed by atoms with Gasteiger partial charge in [0.05, 0.1) is 6.54 Å². The van der Waals surface area contributed by atoms with Gasteiger partial charge in [-0.3, -0.25) is 14.6 Å². The van der Waals surface area contributed by atoms with Crippen LogP contribution in [0.5, 0.6) is 0 Å². The lowest BCUT2D eigenvalue weighted by atomic mass is 9.94. The molecule has 0 radical (unpaired) electrons. The van der Waals surface area contributed by atoms with E-state index in [-0.39, 0.29) is 11.7 Å². The van der Waals surface area contributed by atoms with Crippen LogP contribution in [0.3, 0.4) is 0 Å². The van der Waals surface area contributed by atoms with Crippen LogP contribution >= 0.6 is 0 Å². The first-order valence-electron chi connectivity index (χ1n) is 11.8. The highest BCUT2D eigenvalue weighted by atomic mass is 19.1. The van der Waals surface area contributed by atoms with E-state index in [1.807, 2.05) is 6.07 Å². The fraction of sp³-hybridized carbons (Fsp3) is 0.500. The van der Waals surface area contributed by atoms with Gasteiger partial charge in [0, 0.05) is 45.3 Å². The van der Waals surface area contributed by atoms with E-state index in [2.05, 4.69) is 32.9 Å².